The van der Waals surface area contributed by atoms with Gasteiger partial charge in [-0.2, -0.15) is 0 Å². The summed E-state index contributed by atoms with van der Waals surface area (Å²) in [6, 6.07) is 15.6. The summed E-state index contributed by atoms with van der Waals surface area (Å²) in [5.74, 6) is -0.873. The van der Waals surface area contributed by atoms with E-state index in [9.17, 15) is 8.78 Å². The zero-order valence-electron chi connectivity index (χ0n) is 11.3. The van der Waals surface area contributed by atoms with E-state index in [0.29, 0.717) is 5.56 Å². The zero-order chi connectivity index (χ0) is 14.8. The van der Waals surface area contributed by atoms with E-state index in [4.69, 9.17) is 4.74 Å². The molecular weight excluding hydrogens is 290 g/mol. The number of thiophene rings is 1. The molecule has 0 aliphatic rings. The Kier molecular flexibility index (Phi) is 3.71. The third-order valence-corrected chi connectivity index (χ3v) is 4.35. The highest BCUT2D eigenvalue weighted by molar-refractivity contribution is 7.18. The normalized spacial score (nSPS) is 10.6. The maximum absolute atomic E-state index is 13.3. The van der Waals surface area contributed by atoms with E-state index in [1.165, 1.54) is 17.4 Å². The number of benzene rings is 2. The van der Waals surface area contributed by atoms with Gasteiger partial charge in [0.2, 0.25) is 0 Å². The summed E-state index contributed by atoms with van der Waals surface area (Å²) >= 11 is 1.53. The molecule has 0 amide bonds. The van der Waals surface area contributed by atoms with Crippen molar-refractivity contribution in [3.05, 3.63) is 66.2 Å². The van der Waals surface area contributed by atoms with E-state index in [2.05, 4.69) is 0 Å². The standard InChI is InChI=1S/C17H12F2OS/c1-20-13-4-2-3-11(9-13)16-7-8-17(21-16)12-5-6-14(18)15(19)10-12/h2-10H,1H3. The molecule has 21 heavy (non-hydrogen) atoms. The third-order valence-electron chi connectivity index (χ3n) is 3.16. The number of hydrogen-bond donors (Lipinski definition) is 0. The molecule has 3 aromatic rings. The molecule has 0 aliphatic heterocycles. The molecule has 2 aromatic carbocycles. The second-order valence-corrected chi connectivity index (χ2v) is 5.61. The second kappa shape index (κ2) is 5.66. The third kappa shape index (κ3) is 2.81. The topological polar surface area (TPSA) is 9.23 Å². The lowest BCUT2D eigenvalue weighted by atomic mass is 10.1. The Bertz CT molecular complexity index is 780. The average Bonchev–Trinajstić information content (AvgIpc) is 3.00. The number of ether oxygens (including phenoxy) is 1. The fourth-order valence-electron chi connectivity index (χ4n) is 2.07. The molecule has 0 fully saturated rings. The molecule has 0 aliphatic carbocycles. The molecule has 0 saturated heterocycles. The highest BCUT2D eigenvalue weighted by Crippen LogP contribution is 2.35. The van der Waals surface area contributed by atoms with Crippen molar-refractivity contribution in [3.8, 4) is 26.6 Å². The molecule has 3 rings (SSSR count). The van der Waals surface area contributed by atoms with Crippen LogP contribution >= 0.6 is 11.3 Å². The van der Waals surface area contributed by atoms with Gasteiger partial charge in [0.15, 0.2) is 11.6 Å². The smallest absolute Gasteiger partial charge is 0.159 e. The molecule has 0 saturated carbocycles. The Morgan fingerprint density at radius 3 is 2.19 bits per heavy atom. The van der Waals surface area contributed by atoms with Crippen molar-refractivity contribution in [3.63, 3.8) is 0 Å². The Morgan fingerprint density at radius 1 is 0.810 bits per heavy atom. The Labute approximate surface area is 125 Å². The fourth-order valence-corrected chi connectivity index (χ4v) is 3.07. The SMILES string of the molecule is COc1cccc(-c2ccc(-c3ccc(F)c(F)c3)s2)c1. The molecule has 0 N–H and O–H groups in total. The molecular formula is C17H12F2OS. The van der Waals surface area contributed by atoms with Crippen LogP contribution in [0.2, 0.25) is 0 Å². The molecule has 1 aromatic heterocycles. The summed E-state index contributed by atoms with van der Waals surface area (Å²) in [4.78, 5) is 1.94. The van der Waals surface area contributed by atoms with Crippen LogP contribution in [0.5, 0.6) is 5.75 Å². The van der Waals surface area contributed by atoms with Gasteiger partial charge in [0.25, 0.3) is 0 Å². The minimum Gasteiger partial charge on any atom is -0.497 e. The van der Waals surface area contributed by atoms with Crippen LogP contribution in [-0.2, 0) is 0 Å². The van der Waals surface area contributed by atoms with Gasteiger partial charge >= 0.3 is 0 Å². The van der Waals surface area contributed by atoms with Gasteiger partial charge in [0.1, 0.15) is 5.75 Å². The average molecular weight is 302 g/mol. The van der Waals surface area contributed by atoms with Gasteiger partial charge in [-0.05, 0) is 47.5 Å². The molecule has 0 bridgehead atoms. The van der Waals surface area contributed by atoms with Gasteiger partial charge in [0.05, 0.1) is 7.11 Å². The maximum Gasteiger partial charge on any atom is 0.159 e. The Balaban J connectivity index is 1.97. The lowest BCUT2D eigenvalue weighted by molar-refractivity contribution is 0.415. The number of halogens is 2. The molecule has 4 heteroatoms. The summed E-state index contributed by atoms with van der Waals surface area (Å²) in [5, 5.41) is 0. The van der Waals surface area contributed by atoms with Crippen LogP contribution in [0.4, 0.5) is 8.78 Å². The number of methoxy groups -OCH3 is 1. The van der Waals surface area contributed by atoms with Crippen LogP contribution in [0.15, 0.2) is 54.6 Å². The van der Waals surface area contributed by atoms with E-state index in [1.54, 1.807) is 13.2 Å². The van der Waals surface area contributed by atoms with Gasteiger partial charge in [-0.15, -0.1) is 11.3 Å². The van der Waals surface area contributed by atoms with Crippen molar-refractivity contribution in [2.75, 3.05) is 7.11 Å². The predicted molar refractivity (Wildman–Crippen MR) is 81.7 cm³/mol. The zero-order valence-corrected chi connectivity index (χ0v) is 12.1. The van der Waals surface area contributed by atoms with Crippen molar-refractivity contribution >= 4 is 11.3 Å². The van der Waals surface area contributed by atoms with E-state index < -0.39 is 11.6 Å². The van der Waals surface area contributed by atoms with E-state index >= 15 is 0 Å². The second-order valence-electron chi connectivity index (χ2n) is 4.52. The fraction of sp³-hybridized carbons (Fsp3) is 0.0588. The largest absolute Gasteiger partial charge is 0.497 e. The van der Waals surface area contributed by atoms with Gasteiger partial charge in [0, 0.05) is 9.75 Å². The minimum absolute atomic E-state index is 0.674. The molecule has 0 atom stereocenters. The van der Waals surface area contributed by atoms with Crippen LogP contribution in [0.3, 0.4) is 0 Å². The summed E-state index contributed by atoms with van der Waals surface area (Å²) in [6.45, 7) is 0. The minimum atomic E-state index is -0.830. The van der Waals surface area contributed by atoms with Gasteiger partial charge in [-0.1, -0.05) is 18.2 Å². The summed E-state index contributed by atoms with van der Waals surface area (Å²) < 4.78 is 31.5. The van der Waals surface area contributed by atoms with Crippen LogP contribution in [0, 0.1) is 11.6 Å². The maximum atomic E-state index is 13.3. The first kappa shape index (κ1) is 13.8. The van der Waals surface area contributed by atoms with Gasteiger partial charge in [-0.3, -0.25) is 0 Å². The van der Waals surface area contributed by atoms with Crippen molar-refractivity contribution < 1.29 is 13.5 Å². The highest BCUT2D eigenvalue weighted by Gasteiger charge is 2.08. The van der Waals surface area contributed by atoms with E-state index in [0.717, 1.165) is 27.1 Å². The quantitative estimate of drug-likeness (QED) is 0.632. The molecule has 0 spiro atoms. The van der Waals surface area contributed by atoms with Crippen LogP contribution in [-0.4, -0.2) is 7.11 Å². The van der Waals surface area contributed by atoms with Gasteiger partial charge in [-0.25, -0.2) is 8.78 Å². The van der Waals surface area contributed by atoms with Crippen molar-refractivity contribution in [1.29, 1.82) is 0 Å². The first-order chi connectivity index (χ1) is 10.2. The van der Waals surface area contributed by atoms with Crippen LogP contribution in [0.1, 0.15) is 0 Å². The Morgan fingerprint density at radius 2 is 1.52 bits per heavy atom. The van der Waals surface area contributed by atoms with Crippen LogP contribution in [0.25, 0.3) is 20.9 Å². The number of hydrogen-bond acceptors (Lipinski definition) is 2. The van der Waals surface area contributed by atoms with E-state index in [-0.39, 0.29) is 0 Å². The summed E-state index contributed by atoms with van der Waals surface area (Å²) in [5.41, 5.74) is 1.71. The molecule has 1 heterocycles. The van der Waals surface area contributed by atoms with Crippen molar-refractivity contribution in [2.45, 2.75) is 0 Å². The molecule has 106 valence electrons. The lowest BCUT2D eigenvalue weighted by Crippen LogP contribution is -1.83. The summed E-state index contributed by atoms with van der Waals surface area (Å²) in [7, 11) is 1.63. The van der Waals surface area contributed by atoms with Crippen molar-refractivity contribution in [1.82, 2.24) is 0 Å². The molecule has 0 unspecified atom stereocenters. The monoisotopic (exact) mass is 302 g/mol. The first-order valence-electron chi connectivity index (χ1n) is 6.37. The first-order valence-corrected chi connectivity index (χ1v) is 7.19. The van der Waals surface area contributed by atoms with Gasteiger partial charge < -0.3 is 4.74 Å². The lowest BCUT2D eigenvalue weighted by Gasteiger charge is -2.02. The van der Waals surface area contributed by atoms with Crippen molar-refractivity contribution in [2.24, 2.45) is 0 Å². The molecule has 0 radical (unpaired) electrons. The summed E-state index contributed by atoms with van der Waals surface area (Å²) in [6.07, 6.45) is 0. The Hall–Kier alpha value is -2.20. The molecule has 1 nitrogen and oxygen atoms in total. The van der Waals surface area contributed by atoms with Crippen LogP contribution < -0.4 is 4.74 Å². The number of rotatable bonds is 3. The highest BCUT2D eigenvalue weighted by atomic mass is 32.1. The van der Waals surface area contributed by atoms with E-state index in [1.807, 2.05) is 36.4 Å². The predicted octanol–water partition coefficient (Wildman–Crippen LogP) is 5.37.